The maximum absolute atomic E-state index is 12.2. The molecule has 14 aromatic rings. The van der Waals surface area contributed by atoms with Gasteiger partial charge in [-0.1, -0.05) is 85.4 Å². The molecule has 0 unspecified atom stereocenters. The van der Waals surface area contributed by atoms with Crippen molar-refractivity contribution in [1.29, 1.82) is 0 Å². The van der Waals surface area contributed by atoms with Crippen molar-refractivity contribution >= 4 is 84.8 Å². The number of aromatic nitrogens is 6. The molecule has 8 aromatic carbocycles. The Labute approximate surface area is 753 Å². The Morgan fingerprint density at radius 3 is 1.28 bits per heavy atom. The van der Waals surface area contributed by atoms with Gasteiger partial charge >= 0.3 is 0 Å². The molecule has 0 spiro atoms. The van der Waals surface area contributed by atoms with Crippen LogP contribution in [0.5, 0.6) is 23.0 Å². The van der Waals surface area contributed by atoms with E-state index >= 15 is 0 Å². The quantitative estimate of drug-likeness (QED) is 0.0421. The van der Waals surface area contributed by atoms with Crippen LogP contribution in [0.15, 0.2) is 256 Å². The molecule has 24 heteroatoms. The van der Waals surface area contributed by atoms with Crippen molar-refractivity contribution in [3.63, 3.8) is 0 Å². The Morgan fingerprint density at radius 1 is 0.415 bits per heavy atom. The maximum atomic E-state index is 12.2. The summed E-state index contributed by atoms with van der Waals surface area (Å²) in [6.45, 7) is 13.9. The van der Waals surface area contributed by atoms with E-state index in [1.54, 1.807) is 61.4 Å². The minimum absolute atomic E-state index is 0.0134. The Kier molecular flexibility index (Phi) is 26.7. The standard InChI is InChI=1S/C29H28N4O2.C27H29N3O3.C26H21N3O3.C24H23N3O3/c1-20-6-2-3-15-33(20)18-21-9-11-22(12-10-21)23-16-26-24(7-4-13-31-26)28(17-23)35-19-27-25(29(30)34)8-5-14-32-27;1-18(22-15-26(31)29-16-22)33-25-14-21(13-24-23(25)5-4-11-28-24)20-9-7-19(8-10-20)17-30-12-3-2-6-27(30)32;27-26(31)21-6-3-11-29-23(21)15-32-25-14-18(13-22-20(25)5-2-10-28-22)16-8-9-19-17(12-16)4-1-7-24(19)30;1-14(18-12-23(28)27-13-18)30-22-11-17(10-21-20(22)3-2-7-25-21)15-4-5-19-16(9-15)6-8-26-24(19)29/h4-5,7-14,16-17H,1-3,6,15,18-19H2,(H2,30,34);4-5,7-11,13-14,18,22H,2-3,6,12,15-17H2,1H3,(H,29,31);2-3,5-6,8-14H,1,4,7,15H2,(H2,27,31);2-5,7,9-11,14,18H,6,8,12-13H2,1H3,(H,26,29)(H,27,28)/t;18-,22-;;14-,18-/m.1.1/s1. The summed E-state index contributed by atoms with van der Waals surface area (Å²) >= 11 is 0. The molecule has 11 heterocycles. The second kappa shape index (κ2) is 39.9. The molecule has 6 amide bonds. The van der Waals surface area contributed by atoms with Gasteiger partial charge in [-0.25, -0.2) is 0 Å². The van der Waals surface area contributed by atoms with Gasteiger partial charge < -0.3 is 56.2 Å². The van der Waals surface area contributed by atoms with Gasteiger partial charge in [0.05, 0.1) is 44.6 Å². The summed E-state index contributed by atoms with van der Waals surface area (Å²) < 4.78 is 25.0. The Bertz CT molecular complexity index is 6660. The number of carbonyl (C=O) groups excluding carboxylic acids is 7. The van der Waals surface area contributed by atoms with Gasteiger partial charge in [0, 0.05) is 159 Å². The van der Waals surface area contributed by atoms with E-state index < -0.39 is 11.8 Å². The molecule has 24 nitrogen and oxygen atoms in total. The average molecular weight is 1730 g/mol. The number of amides is 6. The van der Waals surface area contributed by atoms with Gasteiger partial charge in [0.2, 0.25) is 17.7 Å². The van der Waals surface area contributed by atoms with Crippen LogP contribution in [0.2, 0.25) is 0 Å². The zero-order valence-electron chi connectivity index (χ0n) is 72.7. The van der Waals surface area contributed by atoms with Crippen LogP contribution in [-0.4, -0.2) is 126 Å². The molecule has 4 atom stereocenters. The first-order valence-corrected chi connectivity index (χ1v) is 44.5. The average Bonchev–Trinajstić information content (AvgIpc) is 0.804. The van der Waals surface area contributed by atoms with E-state index in [4.69, 9.17) is 30.4 Å². The third kappa shape index (κ3) is 20.5. The summed E-state index contributed by atoms with van der Waals surface area (Å²) in [6.07, 6.45) is 20.6. The van der Waals surface area contributed by atoms with Crippen molar-refractivity contribution in [3.8, 4) is 67.5 Å². The summed E-state index contributed by atoms with van der Waals surface area (Å²) in [7, 11) is 0. The molecule has 7 N–H and O–H groups in total. The van der Waals surface area contributed by atoms with Crippen molar-refractivity contribution in [2.75, 3.05) is 32.7 Å². The van der Waals surface area contributed by atoms with Crippen molar-refractivity contribution in [1.82, 2.24) is 55.7 Å². The first kappa shape index (κ1) is 87.0. The molecule has 656 valence electrons. The molecular formula is C106H101N13O11. The number of ether oxygens (including phenoxy) is 4. The summed E-state index contributed by atoms with van der Waals surface area (Å²) in [5, 5.41) is 12.3. The fourth-order valence-electron chi connectivity index (χ4n) is 17.7. The monoisotopic (exact) mass is 1730 g/mol. The number of nitrogens with two attached hydrogens (primary N) is 2. The van der Waals surface area contributed by atoms with Gasteiger partial charge in [-0.15, -0.1) is 0 Å². The van der Waals surface area contributed by atoms with E-state index in [2.05, 4.69) is 142 Å². The molecule has 6 aliphatic rings. The normalized spacial score (nSPS) is 16.3. The number of rotatable bonds is 22. The second-order valence-electron chi connectivity index (χ2n) is 33.8. The van der Waals surface area contributed by atoms with Gasteiger partial charge in [0.1, 0.15) is 48.4 Å². The van der Waals surface area contributed by atoms with Crippen LogP contribution in [0.3, 0.4) is 0 Å². The highest BCUT2D eigenvalue weighted by Gasteiger charge is 2.32. The first-order valence-electron chi connectivity index (χ1n) is 44.5. The Morgan fingerprint density at radius 2 is 0.823 bits per heavy atom. The molecule has 130 heavy (non-hydrogen) atoms. The third-order valence-corrected chi connectivity index (χ3v) is 25.0. The highest BCUT2D eigenvalue weighted by molar-refractivity contribution is 6.01. The van der Waals surface area contributed by atoms with Crippen molar-refractivity contribution in [2.24, 2.45) is 23.3 Å². The van der Waals surface area contributed by atoms with Gasteiger partial charge in [0.15, 0.2) is 5.78 Å². The van der Waals surface area contributed by atoms with Gasteiger partial charge in [-0.3, -0.25) is 63.5 Å². The number of hydrogen-bond acceptors (Lipinski definition) is 18. The van der Waals surface area contributed by atoms with Crippen LogP contribution in [0.25, 0.3) is 88.1 Å². The number of allylic oxidation sites excluding steroid dienone is 1. The summed E-state index contributed by atoms with van der Waals surface area (Å²) in [6, 6.07) is 67.4. The number of primary amides is 2. The molecular weight excluding hydrogens is 1630 g/mol. The molecule has 4 fully saturated rings. The van der Waals surface area contributed by atoms with Crippen LogP contribution in [0, 0.1) is 11.8 Å². The predicted octanol–water partition coefficient (Wildman–Crippen LogP) is 17.4. The number of pyridine rings is 6. The number of ketones is 1. The van der Waals surface area contributed by atoms with Crippen molar-refractivity contribution < 1.29 is 52.5 Å². The Balaban J connectivity index is 0.000000122. The molecule has 0 radical (unpaired) electrons. The van der Waals surface area contributed by atoms with Crippen molar-refractivity contribution in [2.45, 2.75) is 129 Å². The summed E-state index contributed by atoms with van der Waals surface area (Å²) in [5.41, 5.74) is 31.5. The van der Waals surface area contributed by atoms with E-state index in [1.807, 2.05) is 116 Å². The summed E-state index contributed by atoms with van der Waals surface area (Å²) in [4.78, 5) is 114. The zero-order valence-corrected chi connectivity index (χ0v) is 72.7. The third-order valence-electron chi connectivity index (χ3n) is 25.0. The molecule has 5 aliphatic heterocycles. The van der Waals surface area contributed by atoms with E-state index in [-0.39, 0.29) is 66.7 Å². The maximum Gasteiger partial charge on any atom is 0.251 e. The highest BCUT2D eigenvalue weighted by atomic mass is 16.5. The molecule has 1 aliphatic carbocycles. The lowest BCUT2D eigenvalue weighted by Gasteiger charge is -2.31. The van der Waals surface area contributed by atoms with Crippen LogP contribution in [-0.2, 0) is 53.5 Å². The lowest BCUT2D eigenvalue weighted by Crippen LogP contribution is -2.34. The van der Waals surface area contributed by atoms with E-state index in [0.29, 0.717) is 85.9 Å². The smallest absolute Gasteiger partial charge is 0.251 e. The van der Waals surface area contributed by atoms with E-state index in [0.717, 1.165) is 186 Å². The SMILES string of the molecule is C=C1CCCCN1Cc1ccc(-c2cc(OCc3ncccc3C(N)=O)c3cccnc3c2)cc1.C[C@@H](Oc1cc(-c2ccc(CN3CCCCC3=O)cc2)cc2ncccc12)[C@H]1CNC(=O)C1.C[C@@H](Oc1cc(-c2ccc3c(c2)CCNC3=O)cc2ncccc12)[C@H]1CNC(=O)C1.NC(=O)c1cccnc1COc1cc(-c2ccc3c(c2)CCCC3=O)cc2ncccc12. The number of hydrogen-bond donors (Lipinski definition) is 5. The zero-order chi connectivity index (χ0) is 89.7. The number of piperidine rings is 2. The fourth-order valence-corrected chi connectivity index (χ4v) is 17.7. The van der Waals surface area contributed by atoms with Crippen molar-refractivity contribution in [3.05, 3.63) is 312 Å². The number of nitrogens with one attached hydrogen (secondary N) is 3. The topological polar surface area (TPSA) is 328 Å². The minimum Gasteiger partial charge on any atom is -0.490 e. The molecule has 6 aromatic heterocycles. The fraction of sp³-hybridized carbons (Fsp3) is 0.255. The van der Waals surface area contributed by atoms with Crippen LogP contribution >= 0.6 is 0 Å². The number of aryl methyl sites for hydroxylation is 1. The van der Waals surface area contributed by atoms with Crippen LogP contribution < -0.4 is 46.4 Å². The van der Waals surface area contributed by atoms with E-state index in [9.17, 15) is 33.6 Å². The number of benzene rings is 8. The highest BCUT2D eigenvalue weighted by Crippen LogP contribution is 2.40. The number of carbonyl (C=O) groups is 7. The largest absolute Gasteiger partial charge is 0.490 e. The lowest BCUT2D eigenvalue weighted by atomic mass is 9.88. The molecule has 0 saturated carbocycles. The number of likely N-dealkylation sites (tertiary alicyclic amines) is 2. The second-order valence-corrected chi connectivity index (χ2v) is 33.8. The van der Waals surface area contributed by atoms with Gasteiger partial charge in [0.25, 0.3) is 17.7 Å². The van der Waals surface area contributed by atoms with Crippen LogP contribution in [0.4, 0.5) is 0 Å². The number of nitrogens with zero attached hydrogens (tertiary/aromatic N) is 8. The predicted molar refractivity (Wildman–Crippen MR) is 501 cm³/mol. The molecule has 20 rings (SSSR count). The van der Waals surface area contributed by atoms with Gasteiger partial charge in [-0.05, 0) is 259 Å². The number of fused-ring (bicyclic) bond motifs is 6. The number of Topliss-reactive ketones (excluding diaryl/α,β-unsaturated/α-hetero) is 1. The Hall–Kier alpha value is -15.1. The minimum atomic E-state index is -0.541. The van der Waals surface area contributed by atoms with Crippen LogP contribution in [0.1, 0.15) is 153 Å². The van der Waals surface area contributed by atoms with E-state index in [1.165, 1.54) is 24.1 Å². The molecule has 4 saturated heterocycles. The van der Waals surface area contributed by atoms with Gasteiger partial charge in [-0.2, -0.15) is 0 Å². The molecule has 0 bridgehead atoms. The first-order chi connectivity index (χ1) is 63.3. The lowest BCUT2D eigenvalue weighted by molar-refractivity contribution is -0.133. The summed E-state index contributed by atoms with van der Waals surface area (Å²) in [5.74, 6) is 2.72.